The molecule has 1 aliphatic rings. The van der Waals surface area contributed by atoms with Gasteiger partial charge in [-0.25, -0.2) is 0 Å². The van der Waals surface area contributed by atoms with E-state index in [1.807, 2.05) is 61.3 Å². The van der Waals surface area contributed by atoms with Crippen molar-refractivity contribution >= 4 is 23.4 Å². The standard InChI is InChI=1S/C29H35ClN4O4/c1-3-25-31-26(38-32-25)13-14-27(35)34-16-8-15-29(20-34,21-37-24-12-7-11-23(30)17-24)18-28(36)33(2)19-22-9-5-4-6-10-22/h4-7,9-12,17H,3,8,13-16,18-21H2,1-2H3. The lowest BCUT2D eigenvalue weighted by molar-refractivity contribution is -0.141. The number of hydrogen-bond acceptors (Lipinski definition) is 6. The number of aromatic nitrogens is 2. The molecule has 0 saturated carbocycles. The molecule has 0 spiro atoms. The van der Waals surface area contributed by atoms with E-state index in [0.29, 0.717) is 61.6 Å². The summed E-state index contributed by atoms with van der Waals surface area (Å²) < 4.78 is 11.4. The van der Waals surface area contributed by atoms with E-state index in [-0.39, 0.29) is 24.7 Å². The number of benzene rings is 2. The Labute approximate surface area is 228 Å². The van der Waals surface area contributed by atoms with Crippen LogP contribution in [0.1, 0.15) is 49.9 Å². The van der Waals surface area contributed by atoms with E-state index in [9.17, 15) is 9.59 Å². The van der Waals surface area contributed by atoms with Crippen molar-refractivity contribution in [1.29, 1.82) is 0 Å². The van der Waals surface area contributed by atoms with Crippen LogP contribution in [0, 0.1) is 5.41 Å². The summed E-state index contributed by atoms with van der Waals surface area (Å²) in [6.45, 7) is 3.89. The molecule has 4 rings (SSSR count). The number of piperidine rings is 1. The minimum Gasteiger partial charge on any atom is -0.493 e. The van der Waals surface area contributed by atoms with Gasteiger partial charge in [0.05, 0.1) is 6.61 Å². The molecule has 2 amide bonds. The van der Waals surface area contributed by atoms with E-state index in [1.165, 1.54) is 0 Å². The van der Waals surface area contributed by atoms with Crippen molar-refractivity contribution in [3.05, 3.63) is 76.9 Å². The number of nitrogens with zero attached hydrogens (tertiary/aromatic N) is 4. The van der Waals surface area contributed by atoms with Crippen LogP contribution in [0.3, 0.4) is 0 Å². The lowest BCUT2D eigenvalue weighted by Crippen LogP contribution is -2.50. The van der Waals surface area contributed by atoms with Crippen LogP contribution < -0.4 is 4.74 Å². The highest BCUT2D eigenvalue weighted by atomic mass is 35.5. The van der Waals surface area contributed by atoms with Crippen molar-refractivity contribution in [2.45, 2.75) is 52.0 Å². The third-order valence-corrected chi connectivity index (χ3v) is 7.18. The number of carbonyl (C=O) groups is 2. The number of hydrogen-bond donors (Lipinski definition) is 0. The van der Waals surface area contributed by atoms with Gasteiger partial charge < -0.3 is 19.1 Å². The first kappa shape index (κ1) is 27.6. The molecule has 8 nitrogen and oxygen atoms in total. The second-order valence-corrected chi connectivity index (χ2v) is 10.5. The predicted molar refractivity (Wildman–Crippen MR) is 145 cm³/mol. The van der Waals surface area contributed by atoms with Crippen LogP contribution in [0.15, 0.2) is 59.1 Å². The average Bonchev–Trinajstić information content (AvgIpc) is 3.39. The van der Waals surface area contributed by atoms with Gasteiger partial charge in [-0.15, -0.1) is 0 Å². The van der Waals surface area contributed by atoms with Crippen LogP contribution in [0.2, 0.25) is 5.02 Å². The van der Waals surface area contributed by atoms with Crippen LogP contribution in [0.5, 0.6) is 5.75 Å². The topological polar surface area (TPSA) is 88.8 Å². The summed E-state index contributed by atoms with van der Waals surface area (Å²) in [5.41, 5.74) is 0.554. The maximum absolute atomic E-state index is 13.4. The Morgan fingerprint density at radius 2 is 2.00 bits per heavy atom. The molecule has 1 atom stereocenters. The van der Waals surface area contributed by atoms with E-state index in [4.69, 9.17) is 20.9 Å². The molecule has 1 fully saturated rings. The van der Waals surface area contributed by atoms with Crippen LogP contribution in [0.25, 0.3) is 0 Å². The minimum atomic E-state index is -0.516. The van der Waals surface area contributed by atoms with Gasteiger partial charge in [0.1, 0.15) is 5.75 Å². The largest absolute Gasteiger partial charge is 0.493 e. The van der Waals surface area contributed by atoms with E-state index in [2.05, 4.69) is 10.1 Å². The van der Waals surface area contributed by atoms with Crippen molar-refractivity contribution in [3.8, 4) is 5.75 Å². The Kier molecular flexibility index (Phi) is 9.39. The Morgan fingerprint density at radius 1 is 1.18 bits per heavy atom. The van der Waals surface area contributed by atoms with Crippen LogP contribution >= 0.6 is 11.6 Å². The molecular weight excluding hydrogens is 504 g/mol. The van der Waals surface area contributed by atoms with Gasteiger partial charge in [-0.2, -0.15) is 4.98 Å². The summed E-state index contributed by atoms with van der Waals surface area (Å²) >= 11 is 6.15. The molecule has 38 heavy (non-hydrogen) atoms. The fraction of sp³-hybridized carbons (Fsp3) is 0.448. The van der Waals surface area contributed by atoms with Gasteiger partial charge in [0.15, 0.2) is 5.82 Å². The average molecular weight is 539 g/mol. The van der Waals surface area contributed by atoms with Crippen molar-refractivity contribution < 1.29 is 18.8 Å². The van der Waals surface area contributed by atoms with Crippen molar-refractivity contribution in [2.24, 2.45) is 5.41 Å². The first-order valence-corrected chi connectivity index (χ1v) is 13.5. The van der Waals surface area contributed by atoms with Gasteiger partial charge in [-0.1, -0.05) is 60.1 Å². The molecule has 0 radical (unpaired) electrons. The molecule has 9 heteroatoms. The predicted octanol–water partition coefficient (Wildman–Crippen LogP) is 4.95. The zero-order chi connectivity index (χ0) is 27.0. The molecule has 0 bridgehead atoms. The summed E-state index contributed by atoms with van der Waals surface area (Å²) in [5.74, 6) is 1.80. The lowest BCUT2D eigenvalue weighted by atomic mass is 9.77. The maximum atomic E-state index is 13.4. The number of carbonyl (C=O) groups excluding carboxylic acids is 2. The SMILES string of the molecule is CCc1noc(CCC(=O)N2CCCC(COc3cccc(Cl)c3)(CC(=O)N(C)Cc3ccccc3)C2)n1. The minimum absolute atomic E-state index is 0.0122. The highest BCUT2D eigenvalue weighted by molar-refractivity contribution is 6.30. The Bertz CT molecular complexity index is 1220. The van der Waals surface area contributed by atoms with Crippen LogP contribution in [0.4, 0.5) is 0 Å². The number of ether oxygens (including phenoxy) is 1. The number of aryl methyl sites for hydroxylation is 2. The van der Waals surface area contributed by atoms with Crippen LogP contribution in [-0.2, 0) is 29.0 Å². The fourth-order valence-corrected chi connectivity index (χ4v) is 5.02. The molecule has 0 aliphatic carbocycles. The van der Waals surface area contributed by atoms with E-state index < -0.39 is 5.41 Å². The van der Waals surface area contributed by atoms with Crippen molar-refractivity contribution in [1.82, 2.24) is 19.9 Å². The van der Waals surface area contributed by atoms with Gasteiger partial charge >= 0.3 is 0 Å². The summed E-state index contributed by atoms with van der Waals surface area (Å²) in [7, 11) is 1.82. The first-order valence-electron chi connectivity index (χ1n) is 13.1. The molecule has 0 N–H and O–H groups in total. The van der Waals surface area contributed by atoms with Gasteiger partial charge in [-0.3, -0.25) is 9.59 Å². The molecular formula is C29H35ClN4O4. The maximum Gasteiger partial charge on any atom is 0.227 e. The highest BCUT2D eigenvalue weighted by Gasteiger charge is 2.40. The summed E-state index contributed by atoms with van der Waals surface area (Å²) in [4.78, 5) is 34.5. The second kappa shape index (κ2) is 12.9. The van der Waals surface area contributed by atoms with Gasteiger partial charge in [0.2, 0.25) is 17.7 Å². The zero-order valence-corrected chi connectivity index (χ0v) is 22.8. The molecule has 3 aromatic rings. The second-order valence-electron chi connectivity index (χ2n) is 10.0. The normalized spacial score (nSPS) is 17.3. The summed E-state index contributed by atoms with van der Waals surface area (Å²) in [6.07, 6.45) is 3.22. The fourth-order valence-electron chi connectivity index (χ4n) is 4.84. The molecule has 2 heterocycles. The zero-order valence-electron chi connectivity index (χ0n) is 22.1. The summed E-state index contributed by atoms with van der Waals surface area (Å²) in [5, 5.41) is 4.49. The Morgan fingerprint density at radius 3 is 2.74 bits per heavy atom. The van der Waals surface area contributed by atoms with Crippen molar-refractivity contribution in [3.63, 3.8) is 0 Å². The first-order chi connectivity index (χ1) is 18.4. The van der Waals surface area contributed by atoms with Gasteiger partial charge in [0.25, 0.3) is 0 Å². The van der Waals surface area contributed by atoms with E-state index in [1.54, 1.807) is 17.0 Å². The molecule has 1 aromatic heterocycles. The number of halogens is 1. The lowest BCUT2D eigenvalue weighted by Gasteiger charge is -2.43. The van der Waals surface area contributed by atoms with Crippen molar-refractivity contribution in [2.75, 3.05) is 26.7 Å². The quantitative estimate of drug-likeness (QED) is 0.343. The molecule has 2 aromatic carbocycles. The smallest absolute Gasteiger partial charge is 0.227 e. The number of rotatable bonds is 11. The third-order valence-electron chi connectivity index (χ3n) is 6.95. The Hall–Kier alpha value is -3.39. The van der Waals surface area contributed by atoms with E-state index in [0.717, 1.165) is 18.4 Å². The number of likely N-dealkylation sites (tertiary alicyclic amines) is 1. The third kappa shape index (κ3) is 7.57. The molecule has 1 saturated heterocycles. The summed E-state index contributed by atoms with van der Waals surface area (Å²) in [6, 6.07) is 17.2. The monoisotopic (exact) mass is 538 g/mol. The van der Waals surface area contributed by atoms with Crippen LogP contribution in [-0.4, -0.2) is 58.5 Å². The molecule has 202 valence electrons. The van der Waals surface area contributed by atoms with E-state index >= 15 is 0 Å². The van der Waals surface area contributed by atoms with Gasteiger partial charge in [-0.05, 0) is 36.6 Å². The molecule has 1 aliphatic heterocycles. The van der Waals surface area contributed by atoms with Gasteiger partial charge in [0, 0.05) is 62.8 Å². The highest BCUT2D eigenvalue weighted by Crippen LogP contribution is 2.36. The Balaban J connectivity index is 1.45. The molecule has 1 unspecified atom stereocenters. The number of amides is 2.